The van der Waals surface area contributed by atoms with Gasteiger partial charge >= 0.3 is 0 Å². The van der Waals surface area contributed by atoms with Crippen LogP contribution in [0.3, 0.4) is 0 Å². The van der Waals surface area contributed by atoms with Crippen LogP contribution in [0.2, 0.25) is 0 Å². The number of aromatic nitrogens is 1. The van der Waals surface area contributed by atoms with Crippen LogP contribution in [0.5, 0.6) is 0 Å². The monoisotopic (exact) mass is 327 g/mol. The van der Waals surface area contributed by atoms with Gasteiger partial charge in [-0.05, 0) is 36.2 Å². The summed E-state index contributed by atoms with van der Waals surface area (Å²) in [4.78, 5) is 21.7. The van der Waals surface area contributed by atoms with Crippen LogP contribution in [0.1, 0.15) is 22.3 Å². The molecule has 2 heterocycles. The zero-order valence-electron chi connectivity index (χ0n) is 13.4. The van der Waals surface area contributed by atoms with Gasteiger partial charge in [-0.15, -0.1) is 0 Å². The van der Waals surface area contributed by atoms with E-state index in [9.17, 15) is 4.79 Å². The normalized spacial score (nSPS) is 16.8. The van der Waals surface area contributed by atoms with Crippen LogP contribution >= 0.6 is 0 Å². The topological polar surface area (TPSA) is 72.5 Å². The largest absolute Gasteiger partial charge is 0.381 e. The van der Waals surface area contributed by atoms with E-state index in [4.69, 9.17) is 9.57 Å². The van der Waals surface area contributed by atoms with Crippen molar-refractivity contribution in [2.45, 2.75) is 13.0 Å². The lowest BCUT2D eigenvalue weighted by Crippen LogP contribution is -2.27. The number of carbonyl (C=O) groups is 1. The van der Waals surface area contributed by atoms with E-state index in [1.807, 2.05) is 30.3 Å². The molecule has 1 unspecified atom stereocenters. The van der Waals surface area contributed by atoms with Crippen LogP contribution in [0.4, 0.5) is 5.69 Å². The summed E-state index contributed by atoms with van der Waals surface area (Å²) in [5, 5.41) is 3.28. The summed E-state index contributed by atoms with van der Waals surface area (Å²) in [6.45, 7) is 2.55. The Bertz CT molecular complexity index is 658. The van der Waals surface area contributed by atoms with Crippen molar-refractivity contribution < 1.29 is 14.4 Å². The van der Waals surface area contributed by atoms with Crippen molar-refractivity contribution in [1.29, 1.82) is 0 Å². The van der Waals surface area contributed by atoms with Gasteiger partial charge in [0, 0.05) is 37.2 Å². The molecule has 1 aromatic heterocycles. The zero-order chi connectivity index (χ0) is 16.6. The maximum absolute atomic E-state index is 12.3. The second-order valence-electron chi connectivity index (χ2n) is 5.73. The van der Waals surface area contributed by atoms with Gasteiger partial charge in [-0.2, -0.15) is 0 Å². The highest BCUT2D eigenvalue weighted by molar-refractivity contribution is 5.98. The maximum atomic E-state index is 12.3. The van der Waals surface area contributed by atoms with Crippen molar-refractivity contribution >= 4 is 11.6 Å². The first-order valence-corrected chi connectivity index (χ1v) is 8.04. The summed E-state index contributed by atoms with van der Waals surface area (Å²) in [7, 11) is 0. The Hall–Kier alpha value is -2.44. The van der Waals surface area contributed by atoms with Crippen molar-refractivity contribution in [2.75, 3.05) is 25.1 Å². The number of amides is 1. The van der Waals surface area contributed by atoms with Gasteiger partial charge in [0.05, 0.1) is 18.8 Å². The first kappa shape index (κ1) is 16.4. The highest BCUT2D eigenvalue weighted by Gasteiger charge is 2.17. The molecule has 0 radical (unpaired) electrons. The van der Waals surface area contributed by atoms with Gasteiger partial charge < -0.3 is 10.1 Å². The molecular weight excluding hydrogens is 306 g/mol. The van der Waals surface area contributed by atoms with Gasteiger partial charge in [0.25, 0.3) is 5.91 Å². The van der Waals surface area contributed by atoms with Crippen molar-refractivity contribution in [3.05, 3.63) is 59.9 Å². The van der Waals surface area contributed by atoms with Crippen molar-refractivity contribution in [3.8, 4) is 0 Å². The molecule has 1 aromatic carbocycles. The van der Waals surface area contributed by atoms with Crippen LogP contribution in [0.15, 0.2) is 48.8 Å². The minimum atomic E-state index is -0.258. The van der Waals surface area contributed by atoms with Gasteiger partial charge in [-0.1, -0.05) is 12.1 Å². The Morgan fingerprint density at radius 3 is 2.88 bits per heavy atom. The van der Waals surface area contributed by atoms with E-state index >= 15 is 0 Å². The fourth-order valence-electron chi connectivity index (χ4n) is 2.53. The number of ether oxygens (including phenoxy) is 1. The molecule has 2 aromatic rings. The first-order chi connectivity index (χ1) is 11.8. The van der Waals surface area contributed by atoms with E-state index in [0.29, 0.717) is 31.2 Å². The van der Waals surface area contributed by atoms with E-state index < -0.39 is 0 Å². The highest BCUT2D eigenvalue weighted by Crippen LogP contribution is 2.16. The molecule has 24 heavy (non-hydrogen) atoms. The average Bonchev–Trinajstić information content (AvgIpc) is 3.14. The van der Waals surface area contributed by atoms with Gasteiger partial charge in [0.15, 0.2) is 0 Å². The third-order valence-electron chi connectivity index (χ3n) is 3.91. The number of hydrogen-bond donors (Lipinski definition) is 2. The van der Waals surface area contributed by atoms with Gasteiger partial charge in [-0.25, -0.2) is 5.48 Å². The van der Waals surface area contributed by atoms with E-state index in [1.165, 1.54) is 0 Å². The predicted molar refractivity (Wildman–Crippen MR) is 90.3 cm³/mol. The summed E-state index contributed by atoms with van der Waals surface area (Å²) in [6, 6.07) is 11.2. The zero-order valence-corrected chi connectivity index (χ0v) is 13.4. The standard InChI is InChI=1S/C18H21N3O3/c22-18(21-24-13-15-7-10-23-12-15)16-3-1-2-4-17(16)20-11-14-5-8-19-9-6-14/h1-6,8-9,15,20H,7,10-13H2,(H,21,22). The predicted octanol–water partition coefficient (Wildman–Crippen LogP) is 2.39. The van der Waals surface area contributed by atoms with Gasteiger partial charge in [0.1, 0.15) is 0 Å². The number of nitrogens with zero attached hydrogens (tertiary/aromatic N) is 1. The average molecular weight is 327 g/mol. The smallest absolute Gasteiger partial charge is 0.276 e. The molecule has 2 N–H and O–H groups in total. The third-order valence-corrected chi connectivity index (χ3v) is 3.91. The molecule has 1 atom stereocenters. The Morgan fingerprint density at radius 2 is 2.08 bits per heavy atom. The van der Waals surface area contributed by atoms with Crippen molar-refractivity contribution in [2.24, 2.45) is 5.92 Å². The molecular formula is C18H21N3O3. The maximum Gasteiger partial charge on any atom is 0.276 e. The van der Waals surface area contributed by atoms with E-state index in [-0.39, 0.29) is 5.91 Å². The van der Waals surface area contributed by atoms with Crippen LogP contribution in [-0.2, 0) is 16.1 Å². The minimum Gasteiger partial charge on any atom is -0.381 e. The summed E-state index contributed by atoms with van der Waals surface area (Å²) < 4.78 is 5.29. The van der Waals surface area contributed by atoms with E-state index in [2.05, 4.69) is 15.8 Å². The summed E-state index contributed by atoms with van der Waals surface area (Å²) in [5.41, 5.74) is 4.93. The number of benzene rings is 1. The second-order valence-corrected chi connectivity index (χ2v) is 5.73. The van der Waals surface area contributed by atoms with Crippen LogP contribution in [0, 0.1) is 5.92 Å². The summed E-state index contributed by atoms with van der Waals surface area (Å²) in [5.74, 6) is 0.0945. The van der Waals surface area contributed by atoms with Gasteiger partial charge in [0.2, 0.25) is 0 Å². The number of hydroxylamine groups is 1. The Morgan fingerprint density at radius 1 is 1.25 bits per heavy atom. The highest BCUT2D eigenvalue weighted by atomic mass is 16.7. The Labute approximate surface area is 141 Å². The number of nitrogens with one attached hydrogen (secondary N) is 2. The molecule has 126 valence electrons. The Kier molecular flexibility index (Phi) is 5.76. The number of hydrogen-bond acceptors (Lipinski definition) is 5. The number of para-hydroxylation sites is 1. The third kappa shape index (κ3) is 4.53. The lowest BCUT2D eigenvalue weighted by molar-refractivity contribution is 0.0146. The molecule has 0 aliphatic carbocycles. The number of rotatable bonds is 7. The summed E-state index contributed by atoms with van der Waals surface area (Å²) in [6.07, 6.45) is 4.46. The number of pyridine rings is 1. The summed E-state index contributed by atoms with van der Waals surface area (Å²) >= 11 is 0. The van der Waals surface area contributed by atoms with Crippen molar-refractivity contribution in [3.63, 3.8) is 0 Å². The molecule has 1 fully saturated rings. The second kappa shape index (κ2) is 8.42. The molecule has 0 saturated carbocycles. The fraction of sp³-hybridized carbons (Fsp3) is 0.333. The fourth-order valence-corrected chi connectivity index (χ4v) is 2.53. The van der Waals surface area contributed by atoms with Crippen molar-refractivity contribution in [1.82, 2.24) is 10.5 Å². The van der Waals surface area contributed by atoms with E-state index in [1.54, 1.807) is 18.5 Å². The molecule has 0 bridgehead atoms. The molecule has 6 nitrogen and oxygen atoms in total. The van der Waals surface area contributed by atoms with Crippen LogP contribution < -0.4 is 10.8 Å². The molecule has 1 aliphatic rings. The molecule has 0 spiro atoms. The van der Waals surface area contributed by atoms with Crippen LogP contribution in [-0.4, -0.2) is 30.7 Å². The molecule has 6 heteroatoms. The number of carbonyl (C=O) groups excluding carboxylic acids is 1. The lowest BCUT2D eigenvalue weighted by atomic mass is 10.1. The number of anilines is 1. The van der Waals surface area contributed by atoms with Gasteiger partial charge in [-0.3, -0.25) is 14.6 Å². The van der Waals surface area contributed by atoms with Crippen LogP contribution in [0.25, 0.3) is 0 Å². The van der Waals surface area contributed by atoms with E-state index in [0.717, 1.165) is 24.3 Å². The molecule has 1 aliphatic heterocycles. The molecule has 1 amide bonds. The molecule has 3 rings (SSSR count). The molecule has 1 saturated heterocycles. The SMILES string of the molecule is O=C(NOCC1CCOC1)c1ccccc1NCc1ccncc1. The quantitative estimate of drug-likeness (QED) is 0.764. The first-order valence-electron chi connectivity index (χ1n) is 8.04. The Balaban J connectivity index is 1.55. The lowest BCUT2D eigenvalue weighted by Gasteiger charge is -2.13. The minimum absolute atomic E-state index is 0.258.